The van der Waals surface area contributed by atoms with Gasteiger partial charge in [-0.05, 0) is 55.3 Å². The van der Waals surface area contributed by atoms with Crippen LogP contribution in [-0.4, -0.2) is 15.1 Å². The van der Waals surface area contributed by atoms with Crippen LogP contribution in [0.3, 0.4) is 0 Å². The van der Waals surface area contributed by atoms with Gasteiger partial charge in [0.25, 0.3) is 0 Å². The summed E-state index contributed by atoms with van der Waals surface area (Å²) in [6.07, 6.45) is 1.72. The van der Waals surface area contributed by atoms with E-state index in [-0.39, 0.29) is 11.3 Å². The minimum absolute atomic E-state index is 0.0404. The lowest BCUT2D eigenvalue weighted by Gasteiger charge is -2.10. The van der Waals surface area contributed by atoms with E-state index in [0.29, 0.717) is 12.1 Å². The highest BCUT2D eigenvalue weighted by atomic mass is 16.3. The number of phenolic OH excluding ortho intramolecular Hbond substituents is 1. The molecule has 128 valence electrons. The van der Waals surface area contributed by atoms with Crippen molar-refractivity contribution in [2.75, 3.05) is 5.32 Å². The van der Waals surface area contributed by atoms with E-state index in [4.69, 9.17) is 5.26 Å². The lowest BCUT2D eigenvalue weighted by Crippen LogP contribution is -2.01. The number of aromatic amines is 1. The van der Waals surface area contributed by atoms with Crippen molar-refractivity contribution >= 4 is 27.5 Å². The van der Waals surface area contributed by atoms with Gasteiger partial charge in [0.15, 0.2) is 0 Å². The van der Waals surface area contributed by atoms with Gasteiger partial charge >= 0.3 is 0 Å². The Morgan fingerprint density at radius 3 is 2.81 bits per heavy atom. The minimum atomic E-state index is -0.0404. The fourth-order valence-corrected chi connectivity index (χ4v) is 3.25. The summed E-state index contributed by atoms with van der Waals surface area (Å²) in [6, 6.07) is 13.4. The Hall–Kier alpha value is -3.52. The summed E-state index contributed by atoms with van der Waals surface area (Å²) < 4.78 is 0. The lowest BCUT2D eigenvalue weighted by molar-refractivity contribution is 0.474. The van der Waals surface area contributed by atoms with E-state index in [2.05, 4.69) is 41.3 Å². The molecule has 2 aromatic heterocycles. The number of hydrogen-bond acceptors (Lipinski definition) is 4. The van der Waals surface area contributed by atoms with Crippen LogP contribution >= 0.6 is 0 Å². The van der Waals surface area contributed by atoms with Crippen molar-refractivity contribution in [1.82, 2.24) is 9.97 Å². The van der Waals surface area contributed by atoms with Crippen molar-refractivity contribution in [3.8, 4) is 11.8 Å². The van der Waals surface area contributed by atoms with Gasteiger partial charge in [0.1, 0.15) is 11.8 Å². The maximum Gasteiger partial charge on any atom is 0.135 e. The predicted molar refractivity (Wildman–Crippen MR) is 103 cm³/mol. The molecule has 0 unspecified atom stereocenters. The normalized spacial score (nSPS) is 11.0. The first-order valence-electron chi connectivity index (χ1n) is 8.40. The molecule has 2 aromatic carbocycles. The Labute approximate surface area is 150 Å². The third-order valence-corrected chi connectivity index (χ3v) is 4.86. The highest BCUT2D eigenvalue weighted by Gasteiger charge is 2.09. The third-order valence-electron chi connectivity index (χ3n) is 4.86. The van der Waals surface area contributed by atoms with E-state index in [0.717, 1.165) is 22.2 Å². The van der Waals surface area contributed by atoms with Crippen LogP contribution in [0.25, 0.3) is 21.8 Å². The Bertz CT molecular complexity index is 1180. The minimum Gasteiger partial charge on any atom is -0.506 e. The van der Waals surface area contributed by atoms with E-state index >= 15 is 0 Å². The maximum atomic E-state index is 9.85. The van der Waals surface area contributed by atoms with Gasteiger partial charge in [-0.25, -0.2) is 0 Å². The number of fused-ring (bicyclic) bond motifs is 2. The largest absolute Gasteiger partial charge is 0.506 e. The number of nitrogens with one attached hydrogen (secondary N) is 2. The molecule has 0 aliphatic carbocycles. The third kappa shape index (κ3) is 2.62. The average Bonchev–Trinajstić information content (AvgIpc) is 2.93. The summed E-state index contributed by atoms with van der Waals surface area (Å²) in [5.41, 5.74) is 6.56. The van der Waals surface area contributed by atoms with Crippen molar-refractivity contribution in [3.05, 3.63) is 65.0 Å². The number of pyridine rings is 1. The Morgan fingerprint density at radius 1 is 1.15 bits per heavy atom. The van der Waals surface area contributed by atoms with Crippen LogP contribution in [0.5, 0.6) is 5.75 Å². The van der Waals surface area contributed by atoms with Gasteiger partial charge in [0, 0.05) is 46.5 Å². The monoisotopic (exact) mass is 342 g/mol. The van der Waals surface area contributed by atoms with Gasteiger partial charge in [0.05, 0.1) is 11.1 Å². The molecule has 0 spiro atoms. The summed E-state index contributed by atoms with van der Waals surface area (Å²) in [4.78, 5) is 7.67. The summed E-state index contributed by atoms with van der Waals surface area (Å²) in [6.45, 7) is 4.79. The number of aromatic hydroxyl groups is 1. The number of aromatic nitrogens is 2. The van der Waals surface area contributed by atoms with E-state index in [1.807, 2.05) is 18.2 Å². The molecule has 0 saturated heterocycles. The molecule has 0 radical (unpaired) electrons. The molecule has 4 rings (SSSR count). The number of nitriles is 1. The summed E-state index contributed by atoms with van der Waals surface area (Å²) in [5.74, 6) is -0.0404. The van der Waals surface area contributed by atoms with Crippen LogP contribution in [0, 0.1) is 25.2 Å². The topological polar surface area (TPSA) is 84.7 Å². The van der Waals surface area contributed by atoms with E-state index in [1.165, 1.54) is 22.7 Å². The highest BCUT2D eigenvalue weighted by molar-refractivity contribution is 5.88. The SMILES string of the molecule is Cc1[nH]c2ccc(NCc3ccnc4cc(O)c(C#N)cc34)cc2c1C. The lowest BCUT2D eigenvalue weighted by atomic mass is 10.1. The van der Waals surface area contributed by atoms with Crippen molar-refractivity contribution in [2.24, 2.45) is 0 Å². The Kier molecular flexibility index (Phi) is 3.74. The molecule has 0 aliphatic rings. The molecule has 0 bridgehead atoms. The fourth-order valence-electron chi connectivity index (χ4n) is 3.25. The molecule has 2 heterocycles. The number of hydrogen-bond donors (Lipinski definition) is 3. The number of H-pyrrole nitrogens is 1. The first kappa shape index (κ1) is 16.0. The molecule has 0 amide bonds. The molecular weight excluding hydrogens is 324 g/mol. The van der Waals surface area contributed by atoms with Crippen LogP contribution in [0.15, 0.2) is 42.6 Å². The molecule has 0 fully saturated rings. The second-order valence-electron chi connectivity index (χ2n) is 6.46. The van der Waals surface area contributed by atoms with Crippen LogP contribution < -0.4 is 5.32 Å². The zero-order valence-corrected chi connectivity index (χ0v) is 14.6. The molecule has 5 heteroatoms. The molecule has 0 atom stereocenters. The van der Waals surface area contributed by atoms with Crippen LogP contribution in [-0.2, 0) is 6.54 Å². The van der Waals surface area contributed by atoms with Gasteiger partial charge in [-0.15, -0.1) is 0 Å². The molecule has 3 N–H and O–H groups in total. The van der Waals surface area contributed by atoms with E-state index < -0.39 is 0 Å². The van der Waals surface area contributed by atoms with Crippen molar-refractivity contribution in [1.29, 1.82) is 5.26 Å². The van der Waals surface area contributed by atoms with Crippen molar-refractivity contribution in [2.45, 2.75) is 20.4 Å². The zero-order chi connectivity index (χ0) is 18.3. The van der Waals surface area contributed by atoms with Gasteiger partial charge in [-0.2, -0.15) is 5.26 Å². The second kappa shape index (κ2) is 6.08. The average molecular weight is 342 g/mol. The number of nitrogens with zero attached hydrogens (tertiary/aromatic N) is 2. The van der Waals surface area contributed by atoms with Gasteiger partial charge in [-0.1, -0.05) is 0 Å². The number of rotatable bonds is 3. The zero-order valence-electron chi connectivity index (χ0n) is 14.6. The summed E-state index contributed by atoms with van der Waals surface area (Å²) in [7, 11) is 0. The van der Waals surface area contributed by atoms with Crippen molar-refractivity contribution in [3.63, 3.8) is 0 Å². The molecular formula is C21H18N4O. The molecule has 26 heavy (non-hydrogen) atoms. The molecule has 4 aromatic rings. The van der Waals surface area contributed by atoms with E-state index in [1.54, 1.807) is 12.3 Å². The summed E-state index contributed by atoms with van der Waals surface area (Å²) in [5, 5.41) is 24.5. The number of anilines is 1. The van der Waals surface area contributed by atoms with Crippen LogP contribution in [0.1, 0.15) is 22.4 Å². The first-order chi connectivity index (χ1) is 12.6. The number of aryl methyl sites for hydroxylation is 2. The van der Waals surface area contributed by atoms with Gasteiger partial charge < -0.3 is 15.4 Å². The molecule has 5 nitrogen and oxygen atoms in total. The first-order valence-corrected chi connectivity index (χ1v) is 8.40. The Morgan fingerprint density at radius 2 is 2.00 bits per heavy atom. The quantitative estimate of drug-likeness (QED) is 0.511. The second-order valence-corrected chi connectivity index (χ2v) is 6.46. The number of benzene rings is 2. The maximum absolute atomic E-state index is 9.85. The summed E-state index contributed by atoms with van der Waals surface area (Å²) >= 11 is 0. The smallest absolute Gasteiger partial charge is 0.135 e. The fraction of sp³-hybridized carbons (Fsp3) is 0.143. The number of phenols is 1. The van der Waals surface area contributed by atoms with Crippen LogP contribution in [0.2, 0.25) is 0 Å². The van der Waals surface area contributed by atoms with E-state index in [9.17, 15) is 5.11 Å². The van der Waals surface area contributed by atoms with Crippen LogP contribution in [0.4, 0.5) is 5.69 Å². The molecule has 0 saturated carbocycles. The van der Waals surface area contributed by atoms with Gasteiger partial charge in [-0.3, -0.25) is 4.98 Å². The highest BCUT2D eigenvalue weighted by Crippen LogP contribution is 2.27. The van der Waals surface area contributed by atoms with Crippen molar-refractivity contribution < 1.29 is 5.11 Å². The molecule has 0 aliphatic heterocycles. The predicted octanol–water partition coefficient (Wildman–Crippen LogP) is 4.52. The standard InChI is InChI=1S/C21H18N4O/c1-12-13(2)25-19-4-3-16(8-17(12)19)24-11-14-5-6-23-20-9-21(26)15(10-22)7-18(14)20/h3-9,24-26H,11H2,1-2H3. The van der Waals surface area contributed by atoms with Gasteiger partial charge in [0.2, 0.25) is 0 Å². The Balaban J connectivity index is 1.68.